The molecule has 0 heterocycles. The second kappa shape index (κ2) is 8.40. The Labute approximate surface area is 149 Å². The van der Waals surface area contributed by atoms with Crippen molar-refractivity contribution < 1.29 is 29.6 Å². The molecule has 0 radical (unpaired) electrons. The van der Waals surface area contributed by atoms with E-state index in [1.165, 1.54) is 11.1 Å². The van der Waals surface area contributed by atoms with Crippen molar-refractivity contribution >= 4 is 13.3 Å². The second-order valence-corrected chi connectivity index (χ2v) is 7.81. The molecule has 0 fully saturated rings. The van der Waals surface area contributed by atoms with Crippen molar-refractivity contribution in [1.29, 1.82) is 0 Å². The Morgan fingerprint density at radius 3 is 1.96 bits per heavy atom. The van der Waals surface area contributed by atoms with E-state index in [1.54, 1.807) is 20.4 Å². The first-order valence-electron chi connectivity index (χ1n) is 7.37. The minimum atomic E-state index is -2.60. The predicted octanol–water partition coefficient (Wildman–Crippen LogP) is 5.65. The van der Waals surface area contributed by atoms with E-state index in [4.69, 9.17) is 0 Å². The Morgan fingerprint density at radius 2 is 1.43 bits per heavy atom. The first kappa shape index (κ1) is 17.9. The Hall–Kier alpha value is -1.47. The predicted molar refractivity (Wildman–Crippen MR) is 90.2 cm³/mol. The van der Waals surface area contributed by atoms with Gasteiger partial charge in [-0.3, -0.25) is 0 Å². The summed E-state index contributed by atoms with van der Waals surface area (Å²) in [6.45, 7) is 4.07. The zero-order chi connectivity index (χ0) is 16.8. The average molecular weight is 357 g/mol. The number of benzene rings is 2. The Kier molecular flexibility index (Phi) is 6.53. The summed E-state index contributed by atoms with van der Waals surface area (Å²) in [6, 6.07) is 19.9. The first-order chi connectivity index (χ1) is 11.0. The molecule has 0 saturated heterocycles. The molecule has 2 aromatic carbocycles. The van der Waals surface area contributed by atoms with Crippen molar-refractivity contribution in [3.8, 4) is 0 Å². The van der Waals surface area contributed by atoms with Gasteiger partial charge in [-0.25, -0.2) is 0 Å². The summed E-state index contributed by atoms with van der Waals surface area (Å²) in [5.74, 6) is 0. The van der Waals surface area contributed by atoms with Crippen LogP contribution in [0.15, 0.2) is 75.4 Å². The van der Waals surface area contributed by atoms with Crippen LogP contribution in [0, 0.1) is 0 Å². The molecule has 0 aliphatic heterocycles. The van der Waals surface area contributed by atoms with Crippen molar-refractivity contribution in [2.45, 2.75) is 20.3 Å². The van der Waals surface area contributed by atoms with E-state index < -0.39 is 7.68 Å². The van der Waals surface area contributed by atoms with Gasteiger partial charge in [-0.1, -0.05) is 0 Å². The minimum absolute atomic E-state index is 0.413. The maximum atomic E-state index is 11.6. The number of rotatable bonds is 5. The molecule has 0 aliphatic carbocycles. The van der Waals surface area contributed by atoms with Gasteiger partial charge in [0.05, 0.1) is 0 Å². The fourth-order valence-electron chi connectivity index (χ4n) is 2.47. The number of allylic oxidation sites excluding steroid dienone is 3. The summed E-state index contributed by atoms with van der Waals surface area (Å²) in [5, 5.41) is 0. The topological polar surface area (TPSA) is 34.1 Å². The van der Waals surface area contributed by atoms with E-state index in [0.717, 1.165) is 23.1 Å². The van der Waals surface area contributed by atoms with Crippen LogP contribution in [-0.4, -0.2) is 0 Å². The molecule has 0 saturated carbocycles. The van der Waals surface area contributed by atoms with Crippen LogP contribution >= 0.6 is 7.68 Å². The van der Waals surface area contributed by atoms with Crippen molar-refractivity contribution in [3.63, 3.8) is 0 Å². The van der Waals surface area contributed by atoms with E-state index in [1.807, 2.05) is 55.5 Å². The van der Waals surface area contributed by atoms with Gasteiger partial charge in [0.15, 0.2) is 0 Å². The molecule has 0 N–H and O–H groups in total. The Morgan fingerprint density at radius 1 is 0.913 bits per heavy atom. The fourth-order valence-corrected chi connectivity index (χ4v) is 3.47. The SMILES string of the molecule is CC(Cc1ccccc1)=C(C)C(=[C]([Ti])P(=O)=O)c1ccccc1. The van der Waals surface area contributed by atoms with E-state index in [-0.39, 0.29) is 0 Å². The third-order valence-electron chi connectivity index (χ3n) is 3.81. The van der Waals surface area contributed by atoms with E-state index >= 15 is 0 Å². The van der Waals surface area contributed by atoms with Gasteiger partial charge in [-0.15, -0.1) is 0 Å². The Balaban J connectivity index is 2.51. The van der Waals surface area contributed by atoms with Gasteiger partial charge < -0.3 is 0 Å². The molecular weight excluding hydrogens is 339 g/mol. The normalized spacial score (nSPS) is 13.1. The summed E-state index contributed by atoms with van der Waals surface area (Å²) >= 11 is 1.67. The van der Waals surface area contributed by atoms with Crippen molar-refractivity contribution in [1.82, 2.24) is 0 Å². The summed E-state index contributed by atoms with van der Waals surface area (Å²) in [5.41, 5.74) is 5.17. The Bertz CT molecular complexity index is 796. The van der Waals surface area contributed by atoms with Gasteiger partial charge in [-0.05, 0) is 0 Å². The van der Waals surface area contributed by atoms with Crippen LogP contribution in [0.4, 0.5) is 0 Å². The summed E-state index contributed by atoms with van der Waals surface area (Å²) in [7, 11) is -2.60. The van der Waals surface area contributed by atoms with Gasteiger partial charge in [0.2, 0.25) is 0 Å². The van der Waals surface area contributed by atoms with Crippen LogP contribution < -0.4 is 0 Å². The molecular formula is C19H18O2PTi. The molecule has 2 nitrogen and oxygen atoms in total. The monoisotopic (exact) mass is 357 g/mol. The van der Waals surface area contributed by atoms with Crippen molar-refractivity contribution in [3.05, 3.63) is 86.6 Å². The molecule has 0 aromatic heterocycles. The van der Waals surface area contributed by atoms with Crippen molar-refractivity contribution in [2.24, 2.45) is 0 Å². The molecule has 0 unspecified atom stereocenters. The van der Waals surface area contributed by atoms with Crippen LogP contribution in [-0.2, 0) is 36.0 Å². The van der Waals surface area contributed by atoms with E-state index in [0.29, 0.717) is 3.62 Å². The maximum absolute atomic E-state index is 11.6. The number of hydrogen-bond acceptors (Lipinski definition) is 2. The summed E-state index contributed by atoms with van der Waals surface area (Å²) in [6.07, 6.45) is 0.811. The van der Waals surface area contributed by atoms with Crippen LogP contribution in [0.5, 0.6) is 0 Å². The zero-order valence-corrected chi connectivity index (χ0v) is 15.7. The summed E-state index contributed by atoms with van der Waals surface area (Å²) < 4.78 is 23.5. The molecule has 0 bridgehead atoms. The molecule has 115 valence electrons. The molecule has 0 spiro atoms. The van der Waals surface area contributed by atoms with Gasteiger partial charge in [0, 0.05) is 0 Å². The first-order valence-corrected chi connectivity index (χ1v) is 9.33. The second-order valence-electron chi connectivity index (χ2n) is 5.41. The molecule has 23 heavy (non-hydrogen) atoms. The fraction of sp³-hybridized carbons (Fsp3) is 0.158. The van der Waals surface area contributed by atoms with Gasteiger partial charge >= 0.3 is 150 Å². The van der Waals surface area contributed by atoms with Crippen LogP contribution in [0.3, 0.4) is 0 Å². The van der Waals surface area contributed by atoms with Crippen LogP contribution in [0.25, 0.3) is 5.57 Å². The molecule has 2 rings (SSSR count). The summed E-state index contributed by atoms with van der Waals surface area (Å²) in [4.78, 5) is 0. The van der Waals surface area contributed by atoms with Crippen molar-refractivity contribution in [2.75, 3.05) is 0 Å². The molecule has 0 amide bonds. The molecule has 0 aliphatic rings. The molecule has 4 heteroatoms. The quantitative estimate of drug-likeness (QED) is 0.393. The van der Waals surface area contributed by atoms with Gasteiger partial charge in [0.1, 0.15) is 0 Å². The third kappa shape index (κ3) is 4.75. The van der Waals surface area contributed by atoms with Gasteiger partial charge in [-0.2, -0.15) is 0 Å². The van der Waals surface area contributed by atoms with E-state index in [2.05, 4.69) is 19.1 Å². The molecule has 2 aromatic rings. The standard InChI is InChI=1S/C19H18O2P.Ti/c1-15(13-17-9-5-3-6-10-17)16(2)19(14-22(20)21)18-11-7-4-8-12-18;/h3-12H,13H2,1-2H3;. The van der Waals surface area contributed by atoms with Crippen LogP contribution in [0.1, 0.15) is 25.0 Å². The third-order valence-corrected chi connectivity index (χ3v) is 5.64. The van der Waals surface area contributed by atoms with Crippen LogP contribution in [0.2, 0.25) is 0 Å². The average Bonchev–Trinajstić information content (AvgIpc) is 2.56. The molecule has 0 atom stereocenters. The van der Waals surface area contributed by atoms with Gasteiger partial charge in [0.25, 0.3) is 0 Å². The number of hydrogen-bond donors (Lipinski definition) is 0. The van der Waals surface area contributed by atoms with E-state index in [9.17, 15) is 9.13 Å². The zero-order valence-electron chi connectivity index (χ0n) is 13.2.